The zero-order valence-corrected chi connectivity index (χ0v) is 14.2. The molecule has 0 spiro atoms. The van der Waals surface area contributed by atoms with Crippen molar-refractivity contribution in [1.29, 1.82) is 0 Å². The van der Waals surface area contributed by atoms with Gasteiger partial charge in [-0.25, -0.2) is 4.79 Å². The fourth-order valence-electron chi connectivity index (χ4n) is 3.35. The third-order valence-corrected chi connectivity index (χ3v) is 4.71. The van der Waals surface area contributed by atoms with Crippen LogP contribution in [0.1, 0.15) is 29.6 Å². The van der Waals surface area contributed by atoms with Gasteiger partial charge in [0.25, 0.3) is 5.91 Å². The van der Waals surface area contributed by atoms with Gasteiger partial charge in [-0.1, -0.05) is 18.2 Å². The Labute approximate surface area is 147 Å². The van der Waals surface area contributed by atoms with E-state index in [0.29, 0.717) is 44.7 Å². The number of piperidine rings is 1. The molecule has 0 saturated carbocycles. The molecule has 0 bridgehead atoms. The molecule has 134 valence electrons. The standard InChI is InChI=1S/C18H24N4O3/c23-16(19-9-12-21-13-10-20-18(21)25)15-8-4-5-11-22(15)17(24)14-6-2-1-3-7-14/h1-3,6-7,15H,4-5,8-13H2,(H,19,23)(H,20,25). The SMILES string of the molecule is O=C(NCCN1CCNC1=O)C1CCCCN1C(=O)c1ccccc1. The largest absolute Gasteiger partial charge is 0.353 e. The second-order valence-corrected chi connectivity index (χ2v) is 6.39. The number of rotatable bonds is 5. The van der Waals surface area contributed by atoms with Crippen molar-refractivity contribution in [3.8, 4) is 0 Å². The van der Waals surface area contributed by atoms with Gasteiger partial charge >= 0.3 is 6.03 Å². The van der Waals surface area contributed by atoms with Crippen LogP contribution in [-0.4, -0.2) is 66.4 Å². The first-order valence-electron chi connectivity index (χ1n) is 8.83. The summed E-state index contributed by atoms with van der Waals surface area (Å²) in [6.45, 7) is 2.79. The molecule has 3 rings (SSSR count). The van der Waals surface area contributed by atoms with Gasteiger partial charge in [0, 0.05) is 38.3 Å². The molecule has 4 amide bonds. The number of nitrogens with zero attached hydrogens (tertiary/aromatic N) is 2. The third kappa shape index (κ3) is 4.10. The maximum Gasteiger partial charge on any atom is 0.317 e. The summed E-state index contributed by atoms with van der Waals surface area (Å²) in [6, 6.07) is 8.55. The monoisotopic (exact) mass is 344 g/mol. The minimum atomic E-state index is -0.436. The number of urea groups is 1. The first-order valence-corrected chi connectivity index (χ1v) is 8.83. The van der Waals surface area contributed by atoms with Crippen LogP contribution in [0.2, 0.25) is 0 Å². The van der Waals surface area contributed by atoms with E-state index in [1.54, 1.807) is 21.9 Å². The van der Waals surface area contributed by atoms with Crippen LogP contribution in [0, 0.1) is 0 Å². The van der Waals surface area contributed by atoms with Crippen molar-refractivity contribution < 1.29 is 14.4 Å². The summed E-state index contributed by atoms with van der Waals surface area (Å²) in [5.74, 6) is -0.233. The van der Waals surface area contributed by atoms with Gasteiger partial charge < -0.3 is 20.4 Å². The van der Waals surface area contributed by atoms with E-state index in [-0.39, 0.29) is 17.8 Å². The molecule has 7 heteroatoms. The molecule has 2 N–H and O–H groups in total. The van der Waals surface area contributed by atoms with Crippen molar-refractivity contribution in [1.82, 2.24) is 20.4 Å². The predicted molar refractivity (Wildman–Crippen MR) is 93.1 cm³/mol. The van der Waals surface area contributed by atoms with Crippen LogP contribution >= 0.6 is 0 Å². The van der Waals surface area contributed by atoms with E-state index >= 15 is 0 Å². The van der Waals surface area contributed by atoms with Gasteiger partial charge in [-0.15, -0.1) is 0 Å². The first kappa shape index (κ1) is 17.3. The van der Waals surface area contributed by atoms with E-state index in [1.165, 1.54) is 0 Å². The fraction of sp³-hybridized carbons (Fsp3) is 0.500. The third-order valence-electron chi connectivity index (χ3n) is 4.71. The molecule has 2 aliphatic heterocycles. The lowest BCUT2D eigenvalue weighted by Gasteiger charge is -2.35. The molecule has 0 aromatic heterocycles. The molecule has 2 heterocycles. The molecule has 25 heavy (non-hydrogen) atoms. The fourth-order valence-corrected chi connectivity index (χ4v) is 3.35. The highest BCUT2D eigenvalue weighted by Crippen LogP contribution is 2.20. The van der Waals surface area contributed by atoms with Crippen molar-refractivity contribution in [3.05, 3.63) is 35.9 Å². The molecule has 0 radical (unpaired) electrons. The van der Waals surface area contributed by atoms with E-state index in [0.717, 1.165) is 12.8 Å². The molecule has 2 aliphatic rings. The van der Waals surface area contributed by atoms with Crippen LogP contribution in [0.4, 0.5) is 4.79 Å². The van der Waals surface area contributed by atoms with Crippen molar-refractivity contribution in [2.45, 2.75) is 25.3 Å². The second-order valence-electron chi connectivity index (χ2n) is 6.39. The van der Waals surface area contributed by atoms with E-state index in [1.807, 2.05) is 18.2 Å². The Morgan fingerprint density at radius 2 is 1.96 bits per heavy atom. The Morgan fingerprint density at radius 1 is 1.16 bits per heavy atom. The number of benzene rings is 1. The first-order chi connectivity index (χ1) is 12.2. The smallest absolute Gasteiger partial charge is 0.317 e. The topological polar surface area (TPSA) is 81.8 Å². The quantitative estimate of drug-likeness (QED) is 0.830. The van der Waals surface area contributed by atoms with Gasteiger partial charge in [-0.3, -0.25) is 9.59 Å². The normalized spacial score (nSPS) is 20.3. The molecule has 1 unspecified atom stereocenters. The summed E-state index contributed by atoms with van der Waals surface area (Å²) in [6.07, 6.45) is 2.52. The van der Waals surface area contributed by atoms with Crippen molar-refractivity contribution in [2.24, 2.45) is 0 Å². The lowest BCUT2D eigenvalue weighted by molar-refractivity contribution is -0.126. The van der Waals surface area contributed by atoms with Crippen LogP contribution < -0.4 is 10.6 Å². The highest BCUT2D eigenvalue weighted by molar-refractivity contribution is 5.97. The minimum absolute atomic E-state index is 0.0900. The zero-order valence-electron chi connectivity index (χ0n) is 14.2. The van der Waals surface area contributed by atoms with Crippen molar-refractivity contribution in [3.63, 3.8) is 0 Å². The van der Waals surface area contributed by atoms with Crippen molar-refractivity contribution in [2.75, 3.05) is 32.7 Å². The number of likely N-dealkylation sites (tertiary alicyclic amines) is 1. The van der Waals surface area contributed by atoms with Crippen LogP contribution in [0.3, 0.4) is 0 Å². The molecule has 7 nitrogen and oxygen atoms in total. The molecule has 1 aromatic rings. The molecular formula is C18H24N4O3. The molecule has 1 aromatic carbocycles. The van der Waals surface area contributed by atoms with Crippen LogP contribution in [0.25, 0.3) is 0 Å². The van der Waals surface area contributed by atoms with E-state index in [2.05, 4.69) is 10.6 Å². The number of carbonyl (C=O) groups is 3. The van der Waals surface area contributed by atoms with Crippen molar-refractivity contribution >= 4 is 17.8 Å². The maximum absolute atomic E-state index is 12.7. The Morgan fingerprint density at radius 3 is 2.68 bits per heavy atom. The summed E-state index contributed by atoms with van der Waals surface area (Å²) in [7, 11) is 0. The number of hydrogen-bond donors (Lipinski definition) is 2. The predicted octanol–water partition coefficient (Wildman–Crippen LogP) is 0.823. The summed E-state index contributed by atoms with van der Waals surface area (Å²) < 4.78 is 0. The molecular weight excluding hydrogens is 320 g/mol. The van der Waals surface area contributed by atoms with Crippen LogP contribution in [0.15, 0.2) is 30.3 Å². The molecule has 1 atom stereocenters. The Hall–Kier alpha value is -2.57. The second kappa shape index (κ2) is 8.00. The molecule has 0 aliphatic carbocycles. The lowest BCUT2D eigenvalue weighted by Crippen LogP contribution is -2.52. The summed E-state index contributed by atoms with van der Waals surface area (Å²) in [5, 5.41) is 5.61. The van der Waals surface area contributed by atoms with Gasteiger partial charge in [-0.05, 0) is 31.4 Å². The van der Waals surface area contributed by atoms with Gasteiger partial charge in [0.2, 0.25) is 5.91 Å². The number of hydrogen-bond acceptors (Lipinski definition) is 3. The van der Waals surface area contributed by atoms with Gasteiger partial charge in [0.15, 0.2) is 0 Å². The van der Waals surface area contributed by atoms with Crippen LogP contribution in [-0.2, 0) is 4.79 Å². The molecule has 2 fully saturated rings. The average molecular weight is 344 g/mol. The number of amides is 4. The number of nitrogens with one attached hydrogen (secondary N) is 2. The van der Waals surface area contributed by atoms with E-state index < -0.39 is 6.04 Å². The summed E-state index contributed by atoms with van der Waals surface area (Å²) in [4.78, 5) is 40.2. The lowest BCUT2D eigenvalue weighted by atomic mass is 10.00. The van der Waals surface area contributed by atoms with E-state index in [9.17, 15) is 14.4 Å². The number of carbonyl (C=O) groups excluding carboxylic acids is 3. The van der Waals surface area contributed by atoms with Gasteiger partial charge in [0.1, 0.15) is 6.04 Å². The van der Waals surface area contributed by atoms with Gasteiger partial charge in [-0.2, -0.15) is 0 Å². The van der Waals surface area contributed by atoms with E-state index in [4.69, 9.17) is 0 Å². The zero-order chi connectivity index (χ0) is 17.6. The van der Waals surface area contributed by atoms with Crippen LogP contribution in [0.5, 0.6) is 0 Å². The maximum atomic E-state index is 12.7. The summed E-state index contributed by atoms with van der Waals surface area (Å²) in [5.41, 5.74) is 0.607. The Bertz CT molecular complexity index is 634. The average Bonchev–Trinajstić information content (AvgIpc) is 3.06. The minimum Gasteiger partial charge on any atom is -0.353 e. The highest BCUT2D eigenvalue weighted by atomic mass is 16.2. The van der Waals surface area contributed by atoms with Gasteiger partial charge in [0.05, 0.1) is 0 Å². The summed E-state index contributed by atoms with van der Waals surface area (Å²) >= 11 is 0. The molecule has 2 saturated heterocycles. The Balaban J connectivity index is 1.57. The Kier molecular flexibility index (Phi) is 5.53. The highest BCUT2D eigenvalue weighted by Gasteiger charge is 2.32.